The highest BCUT2D eigenvalue weighted by molar-refractivity contribution is 6.78. The van der Waals surface area contributed by atoms with Crippen LogP contribution >= 0.6 is 0 Å². The number of hydrogen-bond acceptors (Lipinski definition) is 2. The van der Waals surface area contributed by atoms with E-state index in [-0.39, 0.29) is 5.97 Å². The first kappa shape index (κ1) is 19.7. The van der Waals surface area contributed by atoms with Crippen molar-refractivity contribution in [3.63, 3.8) is 0 Å². The van der Waals surface area contributed by atoms with E-state index in [9.17, 15) is 4.79 Å². The van der Waals surface area contributed by atoms with Crippen molar-refractivity contribution in [2.24, 2.45) is 0 Å². The molecule has 0 bridgehead atoms. The Morgan fingerprint density at radius 1 is 0.958 bits per heavy atom. The highest BCUT2D eigenvalue weighted by Crippen LogP contribution is 2.51. The molecule has 0 spiro atoms. The Morgan fingerprint density at radius 2 is 1.46 bits per heavy atom. The molecular formula is C21H38O2Si. The van der Waals surface area contributed by atoms with Crippen LogP contribution in [0.15, 0.2) is 12.2 Å². The molecule has 0 radical (unpaired) electrons. The van der Waals surface area contributed by atoms with Crippen LogP contribution in [0.1, 0.15) is 97.3 Å². The van der Waals surface area contributed by atoms with Gasteiger partial charge in [-0.2, -0.15) is 0 Å². The fourth-order valence-electron chi connectivity index (χ4n) is 5.05. The Kier molecular flexibility index (Phi) is 8.06. The van der Waals surface area contributed by atoms with Crippen molar-refractivity contribution >= 4 is 14.3 Å². The summed E-state index contributed by atoms with van der Waals surface area (Å²) in [6, 6.07) is 1.20. The summed E-state index contributed by atoms with van der Waals surface area (Å²) in [4.78, 5) is 12.6. The summed E-state index contributed by atoms with van der Waals surface area (Å²) < 4.78 is 6.53. The number of carbonyl (C=O) groups excluding carboxylic acids is 1. The van der Waals surface area contributed by atoms with Crippen LogP contribution in [0.4, 0.5) is 0 Å². The van der Waals surface area contributed by atoms with Crippen LogP contribution in [-0.2, 0) is 9.22 Å². The molecule has 0 aromatic rings. The predicted molar refractivity (Wildman–Crippen MR) is 105 cm³/mol. The molecule has 0 heterocycles. The Bertz CT molecular complexity index is 388. The van der Waals surface area contributed by atoms with Gasteiger partial charge in [0, 0.05) is 5.57 Å². The van der Waals surface area contributed by atoms with Crippen molar-refractivity contribution in [3.05, 3.63) is 12.2 Å². The molecule has 2 fully saturated rings. The van der Waals surface area contributed by atoms with Gasteiger partial charge in [-0.1, -0.05) is 71.3 Å². The van der Waals surface area contributed by atoms with Crippen LogP contribution in [0.3, 0.4) is 0 Å². The second kappa shape index (κ2) is 9.79. The largest absolute Gasteiger partial charge is 0.515 e. The van der Waals surface area contributed by atoms with Crippen LogP contribution in [0.5, 0.6) is 0 Å². The number of carbonyl (C=O) groups is 1. The third-order valence-electron chi connectivity index (χ3n) is 6.39. The zero-order valence-electron chi connectivity index (χ0n) is 16.1. The maximum atomic E-state index is 12.6. The highest BCUT2D eigenvalue weighted by Gasteiger charge is 2.51. The molecule has 0 amide bonds. The Balaban J connectivity index is 2.27. The summed E-state index contributed by atoms with van der Waals surface area (Å²) in [5.74, 6) is -0.0886. The van der Waals surface area contributed by atoms with Crippen LogP contribution in [-0.4, -0.2) is 14.3 Å². The van der Waals surface area contributed by atoms with Gasteiger partial charge in [-0.05, 0) is 49.7 Å². The summed E-state index contributed by atoms with van der Waals surface area (Å²) in [7, 11) is -2.07. The third kappa shape index (κ3) is 4.97. The van der Waals surface area contributed by atoms with Crippen LogP contribution < -0.4 is 0 Å². The molecule has 0 N–H and O–H groups in total. The quantitative estimate of drug-likeness (QED) is 0.270. The number of rotatable bonds is 8. The van der Waals surface area contributed by atoms with E-state index in [4.69, 9.17) is 4.43 Å². The van der Waals surface area contributed by atoms with Crippen LogP contribution in [0, 0.1) is 0 Å². The summed E-state index contributed by atoms with van der Waals surface area (Å²) in [6.45, 7) is 7.96. The van der Waals surface area contributed by atoms with Crippen LogP contribution in [0.2, 0.25) is 17.1 Å². The normalized spacial score (nSPS) is 20.8. The van der Waals surface area contributed by atoms with Crippen molar-refractivity contribution in [1.82, 2.24) is 0 Å². The van der Waals surface area contributed by atoms with Crippen molar-refractivity contribution in [1.29, 1.82) is 0 Å². The lowest BCUT2D eigenvalue weighted by atomic mass is 9.99. The first-order valence-corrected chi connectivity index (χ1v) is 12.8. The van der Waals surface area contributed by atoms with Crippen molar-refractivity contribution in [2.45, 2.75) is 114 Å². The molecule has 2 rings (SSSR count). The zero-order valence-corrected chi connectivity index (χ0v) is 17.1. The SMILES string of the molecule is C=C(C)C(=O)O[Si](CCCCC)(C1CCCCC1)C1CCCCC1. The molecule has 0 saturated heterocycles. The first-order valence-electron chi connectivity index (χ1n) is 10.5. The minimum atomic E-state index is -2.07. The maximum Gasteiger partial charge on any atom is 0.319 e. The summed E-state index contributed by atoms with van der Waals surface area (Å²) in [5, 5.41) is 0. The van der Waals surface area contributed by atoms with Gasteiger partial charge in [0.25, 0.3) is 8.32 Å². The zero-order chi connectivity index (χ0) is 17.4. The lowest BCUT2D eigenvalue weighted by Crippen LogP contribution is -2.50. The van der Waals surface area contributed by atoms with E-state index >= 15 is 0 Å². The minimum Gasteiger partial charge on any atom is -0.515 e. The third-order valence-corrected chi connectivity index (χ3v) is 12.0. The minimum absolute atomic E-state index is 0.0886. The second-order valence-electron chi connectivity index (χ2n) is 8.25. The molecule has 0 aliphatic heterocycles. The summed E-state index contributed by atoms with van der Waals surface area (Å²) in [5.41, 5.74) is 2.00. The van der Waals surface area contributed by atoms with E-state index in [1.165, 1.54) is 89.5 Å². The van der Waals surface area contributed by atoms with Gasteiger partial charge in [0.1, 0.15) is 0 Å². The smallest absolute Gasteiger partial charge is 0.319 e. The summed E-state index contributed by atoms with van der Waals surface area (Å²) >= 11 is 0. The summed E-state index contributed by atoms with van der Waals surface area (Å²) in [6.07, 6.45) is 17.1. The number of hydrogen-bond donors (Lipinski definition) is 0. The van der Waals surface area contributed by atoms with Crippen LogP contribution in [0.25, 0.3) is 0 Å². The van der Waals surface area contributed by atoms with E-state index in [0.717, 1.165) is 0 Å². The first-order chi connectivity index (χ1) is 11.6. The monoisotopic (exact) mass is 350 g/mol. The van der Waals surface area contributed by atoms with Gasteiger partial charge < -0.3 is 4.43 Å². The van der Waals surface area contributed by atoms with Gasteiger partial charge in [0.15, 0.2) is 0 Å². The average molecular weight is 351 g/mol. The van der Waals surface area contributed by atoms with Crippen molar-refractivity contribution in [2.75, 3.05) is 0 Å². The van der Waals surface area contributed by atoms with Crippen molar-refractivity contribution < 1.29 is 9.22 Å². The fourth-order valence-corrected chi connectivity index (χ4v) is 11.1. The van der Waals surface area contributed by atoms with Gasteiger partial charge in [-0.15, -0.1) is 0 Å². The van der Waals surface area contributed by atoms with Gasteiger partial charge in [0.2, 0.25) is 0 Å². The average Bonchev–Trinajstić information content (AvgIpc) is 2.62. The maximum absolute atomic E-state index is 12.6. The molecule has 0 aromatic carbocycles. The van der Waals surface area contributed by atoms with Gasteiger partial charge in [-0.25, -0.2) is 4.79 Å². The van der Waals surface area contributed by atoms with Crippen molar-refractivity contribution in [3.8, 4) is 0 Å². The second-order valence-corrected chi connectivity index (χ2v) is 12.5. The molecule has 2 aliphatic carbocycles. The molecular weight excluding hydrogens is 312 g/mol. The Labute approximate surface area is 150 Å². The van der Waals surface area contributed by atoms with Gasteiger partial charge in [-0.3, -0.25) is 0 Å². The molecule has 0 unspecified atom stereocenters. The van der Waals surface area contributed by atoms with E-state index in [1.54, 1.807) is 0 Å². The molecule has 0 atom stereocenters. The molecule has 3 heteroatoms. The molecule has 2 nitrogen and oxygen atoms in total. The van der Waals surface area contributed by atoms with Gasteiger partial charge in [0.05, 0.1) is 0 Å². The predicted octanol–water partition coefficient (Wildman–Crippen LogP) is 6.91. The fraction of sp³-hybridized carbons (Fsp3) is 0.857. The highest BCUT2D eigenvalue weighted by atomic mass is 28.4. The topological polar surface area (TPSA) is 26.3 Å². The number of unbranched alkanes of at least 4 members (excludes halogenated alkanes) is 2. The Hall–Kier alpha value is -0.573. The van der Waals surface area contributed by atoms with E-state index in [1.807, 2.05) is 6.92 Å². The molecule has 2 aliphatic rings. The van der Waals surface area contributed by atoms with E-state index in [0.29, 0.717) is 16.7 Å². The molecule has 0 aromatic heterocycles. The van der Waals surface area contributed by atoms with E-state index < -0.39 is 8.32 Å². The molecule has 138 valence electrons. The standard InChI is InChI=1S/C21H38O2Si/c1-4-5-12-17-24(23-21(22)18(2)3,19-13-8-6-9-14-19)20-15-10-7-11-16-20/h19-20H,2,4-17H2,1,3H3. The van der Waals surface area contributed by atoms with E-state index in [2.05, 4.69) is 13.5 Å². The molecule has 2 saturated carbocycles. The molecule has 24 heavy (non-hydrogen) atoms. The Morgan fingerprint density at radius 3 is 1.88 bits per heavy atom. The lowest BCUT2D eigenvalue weighted by molar-refractivity contribution is -0.131. The lowest BCUT2D eigenvalue weighted by Gasteiger charge is -2.46. The van der Waals surface area contributed by atoms with Gasteiger partial charge >= 0.3 is 5.97 Å².